The maximum Gasteiger partial charge on any atom is 0.136 e. The summed E-state index contributed by atoms with van der Waals surface area (Å²) in [5, 5.41) is 0. The Morgan fingerprint density at radius 1 is 1.16 bits per heavy atom. The van der Waals surface area contributed by atoms with Crippen LogP contribution >= 0.6 is 0 Å². The van der Waals surface area contributed by atoms with Crippen LogP contribution in [0.2, 0.25) is 0 Å². The zero-order valence-electron chi connectivity index (χ0n) is 12.0. The van der Waals surface area contributed by atoms with Gasteiger partial charge in [-0.25, -0.2) is 9.97 Å². The van der Waals surface area contributed by atoms with Gasteiger partial charge in [-0.15, -0.1) is 0 Å². The van der Waals surface area contributed by atoms with E-state index in [0.717, 1.165) is 44.8 Å². The first-order chi connectivity index (χ1) is 9.25. The van der Waals surface area contributed by atoms with Crippen molar-refractivity contribution < 1.29 is 4.74 Å². The SMILES string of the molecule is Cc1nc2c(c(N3CCOCCC3C)n1)CCCC2. The van der Waals surface area contributed by atoms with E-state index in [9.17, 15) is 0 Å². The third-order valence-corrected chi connectivity index (χ3v) is 4.23. The van der Waals surface area contributed by atoms with Crippen LogP contribution in [0, 0.1) is 6.92 Å². The van der Waals surface area contributed by atoms with E-state index in [4.69, 9.17) is 9.72 Å². The van der Waals surface area contributed by atoms with Crippen LogP contribution in [0.25, 0.3) is 0 Å². The highest BCUT2D eigenvalue weighted by Gasteiger charge is 2.25. The molecule has 0 bridgehead atoms. The fraction of sp³-hybridized carbons (Fsp3) is 0.733. The number of anilines is 1. The van der Waals surface area contributed by atoms with Crippen LogP contribution in [-0.2, 0) is 17.6 Å². The van der Waals surface area contributed by atoms with Crippen molar-refractivity contribution in [3.63, 3.8) is 0 Å². The van der Waals surface area contributed by atoms with E-state index in [1.807, 2.05) is 6.92 Å². The summed E-state index contributed by atoms with van der Waals surface area (Å²) in [6, 6.07) is 0.503. The van der Waals surface area contributed by atoms with Gasteiger partial charge in [0.05, 0.1) is 6.61 Å². The minimum atomic E-state index is 0.503. The molecule has 104 valence electrons. The summed E-state index contributed by atoms with van der Waals surface area (Å²) >= 11 is 0. The largest absolute Gasteiger partial charge is 0.380 e. The molecule has 1 fully saturated rings. The predicted octanol–water partition coefficient (Wildman–Crippen LogP) is 2.28. The summed E-state index contributed by atoms with van der Waals surface area (Å²) in [7, 11) is 0. The Hall–Kier alpha value is -1.16. The van der Waals surface area contributed by atoms with Crippen molar-refractivity contribution in [3.8, 4) is 0 Å². The highest BCUT2D eigenvalue weighted by atomic mass is 16.5. The van der Waals surface area contributed by atoms with Gasteiger partial charge >= 0.3 is 0 Å². The Balaban J connectivity index is 2.00. The van der Waals surface area contributed by atoms with Crippen molar-refractivity contribution >= 4 is 5.82 Å². The Labute approximate surface area is 115 Å². The minimum absolute atomic E-state index is 0.503. The smallest absolute Gasteiger partial charge is 0.136 e. The average Bonchev–Trinajstić information content (AvgIpc) is 2.62. The van der Waals surface area contributed by atoms with Crippen molar-refractivity contribution in [3.05, 3.63) is 17.1 Å². The number of hydrogen-bond acceptors (Lipinski definition) is 4. The molecule has 1 aliphatic carbocycles. The molecule has 0 N–H and O–H groups in total. The molecule has 3 rings (SSSR count). The van der Waals surface area contributed by atoms with Crippen LogP contribution in [0.15, 0.2) is 0 Å². The van der Waals surface area contributed by atoms with Gasteiger partial charge < -0.3 is 9.64 Å². The first-order valence-corrected chi connectivity index (χ1v) is 7.46. The molecule has 2 aliphatic rings. The van der Waals surface area contributed by atoms with E-state index in [-0.39, 0.29) is 0 Å². The number of nitrogens with zero attached hydrogens (tertiary/aromatic N) is 3. The molecule has 0 amide bonds. The molecular formula is C15H23N3O. The Bertz CT molecular complexity index is 461. The molecule has 2 heterocycles. The van der Waals surface area contributed by atoms with Crippen LogP contribution < -0.4 is 4.90 Å². The molecule has 1 saturated heterocycles. The van der Waals surface area contributed by atoms with Crippen molar-refractivity contribution in [1.82, 2.24) is 9.97 Å². The number of aromatic nitrogens is 2. The van der Waals surface area contributed by atoms with Crippen molar-refractivity contribution in [2.45, 2.75) is 52.0 Å². The first-order valence-electron chi connectivity index (χ1n) is 7.46. The lowest BCUT2D eigenvalue weighted by atomic mass is 9.95. The number of rotatable bonds is 1. The number of aryl methyl sites for hydroxylation is 2. The third kappa shape index (κ3) is 2.59. The fourth-order valence-electron chi connectivity index (χ4n) is 3.14. The van der Waals surface area contributed by atoms with E-state index in [2.05, 4.69) is 16.8 Å². The first kappa shape index (κ1) is 12.9. The Morgan fingerprint density at radius 2 is 2.00 bits per heavy atom. The molecular weight excluding hydrogens is 238 g/mol. The van der Waals surface area contributed by atoms with Crippen LogP contribution in [0.5, 0.6) is 0 Å². The van der Waals surface area contributed by atoms with Gasteiger partial charge in [0.1, 0.15) is 11.6 Å². The second-order valence-electron chi connectivity index (χ2n) is 5.67. The Morgan fingerprint density at radius 3 is 2.89 bits per heavy atom. The molecule has 4 heteroatoms. The molecule has 1 aliphatic heterocycles. The van der Waals surface area contributed by atoms with Gasteiger partial charge in [0.25, 0.3) is 0 Å². The zero-order chi connectivity index (χ0) is 13.2. The second-order valence-corrected chi connectivity index (χ2v) is 5.67. The van der Waals surface area contributed by atoms with Gasteiger partial charge in [-0.05, 0) is 46.0 Å². The molecule has 4 nitrogen and oxygen atoms in total. The molecule has 1 aromatic rings. The maximum atomic E-state index is 5.61. The maximum absolute atomic E-state index is 5.61. The van der Waals surface area contributed by atoms with Gasteiger partial charge in [-0.3, -0.25) is 0 Å². The average molecular weight is 261 g/mol. The molecule has 1 aromatic heterocycles. The third-order valence-electron chi connectivity index (χ3n) is 4.23. The molecule has 1 atom stereocenters. The molecule has 19 heavy (non-hydrogen) atoms. The molecule has 0 saturated carbocycles. The highest BCUT2D eigenvalue weighted by Crippen LogP contribution is 2.30. The minimum Gasteiger partial charge on any atom is -0.380 e. The topological polar surface area (TPSA) is 38.2 Å². The van der Waals surface area contributed by atoms with Crippen molar-refractivity contribution in [2.24, 2.45) is 0 Å². The standard InChI is InChI=1S/C15H23N3O/c1-11-7-9-19-10-8-18(11)15-13-5-3-4-6-14(13)16-12(2)17-15/h11H,3-10H2,1-2H3. The predicted molar refractivity (Wildman–Crippen MR) is 75.7 cm³/mol. The van der Waals surface area contributed by atoms with E-state index in [1.54, 1.807) is 0 Å². The van der Waals surface area contributed by atoms with Crippen molar-refractivity contribution in [2.75, 3.05) is 24.7 Å². The van der Waals surface area contributed by atoms with Gasteiger partial charge in [0.15, 0.2) is 0 Å². The van der Waals surface area contributed by atoms with Gasteiger partial charge in [-0.2, -0.15) is 0 Å². The molecule has 0 spiro atoms. The van der Waals surface area contributed by atoms with Gasteiger partial charge in [-0.1, -0.05) is 0 Å². The zero-order valence-corrected chi connectivity index (χ0v) is 12.0. The van der Waals surface area contributed by atoms with E-state index >= 15 is 0 Å². The Kier molecular flexibility index (Phi) is 3.69. The summed E-state index contributed by atoms with van der Waals surface area (Å²) in [4.78, 5) is 11.8. The quantitative estimate of drug-likeness (QED) is 0.777. The van der Waals surface area contributed by atoms with Crippen LogP contribution in [0.3, 0.4) is 0 Å². The number of fused-ring (bicyclic) bond motifs is 1. The molecule has 1 unspecified atom stereocenters. The monoisotopic (exact) mass is 261 g/mol. The normalized spacial score (nSPS) is 23.9. The number of hydrogen-bond donors (Lipinski definition) is 0. The van der Waals surface area contributed by atoms with Gasteiger partial charge in [0.2, 0.25) is 0 Å². The fourth-order valence-corrected chi connectivity index (χ4v) is 3.14. The van der Waals surface area contributed by atoms with Crippen molar-refractivity contribution in [1.29, 1.82) is 0 Å². The lowest BCUT2D eigenvalue weighted by Gasteiger charge is -2.31. The number of ether oxygens (including phenoxy) is 1. The lowest BCUT2D eigenvalue weighted by molar-refractivity contribution is 0.150. The molecule has 0 radical (unpaired) electrons. The summed E-state index contributed by atoms with van der Waals surface area (Å²) in [6.45, 7) is 6.91. The highest BCUT2D eigenvalue weighted by molar-refractivity contribution is 5.51. The van der Waals surface area contributed by atoms with Crippen LogP contribution in [-0.4, -0.2) is 35.8 Å². The molecule has 0 aromatic carbocycles. The van der Waals surface area contributed by atoms with Crippen LogP contribution in [0.4, 0.5) is 5.82 Å². The summed E-state index contributed by atoms with van der Waals surface area (Å²) in [5.74, 6) is 2.09. The summed E-state index contributed by atoms with van der Waals surface area (Å²) in [5.41, 5.74) is 2.68. The van der Waals surface area contributed by atoms with E-state index < -0.39 is 0 Å². The van der Waals surface area contributed by atoms with E-state index in [0.29, 0.717) is 6.04 Å². The van der Waals surface area contributed by atoms with Crippen LogP contribution in [0.1, 0.15) is 43.3 Å². The summed E-state index contributed by atoms with van der Waals surface area (Å²) < 4.78 is 5.61. The second kappa shape index (κ2) is 5.45. The van der Waals surface area contributed by atoms with E-state index in [1.165, 1.54) is 29.9 Å². The summed E-state index contributed by atoms with van der Waals surface area (Å²) in [6.07, 6.45) is 5.87. The van der Waals surface area contributed by atoms with Gasteiger partial charge in [0, 0.05) is 30.5 Å². The lowest BCUT2D eigenvalue weighted by Crippen LogP contribution is -2.36.